The Bertz CT molecular complexity index is 1180. The average Bonchev–Trinajstić information content (AvgIpc) is 3.19. The van der Waals surface area contributed by atoms with Crippen LogP contribution < -0.4 is 15.4 Å². The summed E-state index contributed by atoms with van der Waals surface area (Å²) in [6.07, 6.45) is 2.70. The van der Waals surface area contributed by atoms with Crippen molar-refractivity contribution in [3.63, 3.8) is 0 Å². The second kappa shape index (κ2) is 7.25. The first-order chi connectivity index (χ1) is 14.2. The molecular weight excluding hydrogens is 366 g/mol. The molecule has 0 amide bonds. The van der Waals surface area contributed by atoms with Crippen molar-refractivity contribution in [2.75, 3.05) is 44.0 Å². The Morgan fingerprint density at radius 3 is 2.72 bits per heavy atom. The largest absolute Gasteiger partial charge is 0.494 e. The van der Waals surface area contributed by atoms with Gasteiger partial charge >= 0.3 is 0 Å². The Kier molecular flexibility index (Phi) is 4.44. The molecule has 0 radical (unpaired) electrons. The standard InChI is InChI=1S/C22H23N5O2/c1-28-19-8-4-6-17-20(19)25-22(23)27-14-16(24-21(17)27)13-15-5-2-3-7-18(15)26-9-11-29-12-10-26/h2-8,14H,9-13H2,1H3,(H2,23,25). The first-order valence-electron chi connectivity index (χ1n) is 9.75. The molecule has 1 saturated heterocycles. The number of anilines is 2. The molecule has 2 aromatic heterocycles. The third kappa shape index (κ3) is 3.13. The minimum atomic E-state index is 0.400. The van der Waals surface area contributed by atoms with E-state index in [2.05, 4.69) is 34.1 Å². The van der Waals surface area contributed by atoms with Crippen molar-refractivity contribution in [2.24, 2.45) is 0 Å². The van der Waals surface area contributed by atoms with E-state index in [-0.39, 0.29) is 0 Å². The fraction of sp³-hybridized carbons (Fsp3) is 0.273. The zero-order valence-corrected chi connectivity index (χ0v) is 16.3. The summed E-state index contributed by atoms with van der Waals surface area (Å²) < 4.78 is 12.8. The maximum Gasteiger partial charge on any atom is 0.206 e. The number of para-hydroxylation sites is 2. The van der Waals surface area contributed by atoms with Crippen LogP contribution in [0.25, 0.3) is 16.6 Å². The van der Waals surface area contributed by atoms with Gasteiger partial charge in [-0.15, -0.1) is 0 Å². The molecule has 1 fully saturated rings. The molecule has 4 aromatic rings. The molecule has 0 spiro atoms. The van der Waals surface area contributed by atoms with Crippen molar-refractivity contribution in [1.82, 2.24) is 14.4 Å². The van der Waals surface area contributed by atoms with Crippen molar-refractivity contribution >= 4 is 28.2 Å². The lowest BCUT2D eigenvalue weighted by Crippen LogP contribution is -2.36. The van der Waals surface area contributed by atoms with E-state index < -0.39 is 0 Å². The summed E-state index contributed by atoms with van der Waals surface area (Å²) in [6, 6.07) is 14.3. The number of imidazole rings is 1. The van der Waals surface area contributed by atoms with Crippen LogP contribution in [0.5, 0.6) is 5.75 Å². The zero-order chi connectivity index (χ0) is 19.8. The Morgan fingerprint density at radius 2 is 1.90 bits per heavy atom. The van der Waals surface area contributed by atoms with E-state index in [1.54, 1.807) is 7.11 Å². The molecule has 0 atom stereocenters. The molecule has 5 rings (SSSR count). The zero-order valence-electron chi connectivity index (χ0n) is 16.3. The van der Waals surface area contributed by atoms with E-state index in [0.29, 0.717) is 11.7 Å². The van der Waals surface area contributed by atoms with Gasteiger partial charge in [-0.2, -0.15) is 0 Å². The molecule has 0 unspecified atom stereocenters. The molecule has 0 aliphatic carbocycles. The average molecular weight is 389 g/mol. The minimum absolute atomic E-state index is 0.400. The lowest BCUT2D eigenvalue weighted by molar-refractivity contribution is 0.122. The van der Waals surface area contributed by atoms with Gasteiger partial charge in [0.1, 0.15) is 16.9 Å². The molecule has 3 heterocycles. The number of aromatic nitrogens is 3. The van der Waals surface area contributed by atoms with Gasteiger partial charge in [-0.05, 0) is 23.8 Å². The minimum Gasteiger partial charge on any atom is -0.494 e. The predicted octanol–water partition coefficient (Wildman–Crippen LogP) is 2.90. The number of nitrogens with two attached hydrogens (primary N) is 1. The van der Waals surface area contributed by atoms with Gasteiger partial charge in [-0.1, -0.05) is 24.3 Å². The number of ether oxygens (including phenoxy) is 2. The van der Waals surface area contributed by atoms with Gasteiger partial charge < -0.3 is 20.1 Å². The highest BCUT2D eigenvalue weighted by atomic mass is 16.5. The van der Waals surface area contributed by atoms with Crippen molar-refractivity contribution < 1.29 is 9.47 Å². The number of fused-ring (bicyclic) bond motifs is 3. The summed E-state index contributed by atoms with van der Waals surface area (Å²) >= 11 is 0. The second-order valence-electron chi connectivity index (χ2n) is 7.16. The fourth-order valence-corrected chi connectivity index (χ4v) is 4.00. The van der Waals surface area contributed by atoms with E-state index >= 15 is 0 Å². The molecule has 1 aliphatic rings. The number of nitrogens with zero attached hydrogens (tertiary/aromatic N) is 4. The van der Waals surface area contributed by atoms with Crippen molar-refractivity contribution in [3.05, 3.63) is 59.9 Å². The summed E-state index contributed by atoms with van der Waals surface area (Å²) in [5.74, 6) is 1.09. The van der Waals surface area contributed by atoms with E-state index in [4.69, 9.17) is 20.2 Å². The van der Waals surface area contributed by atoms with Crippen LogP contribution >= 0.6 is 0 Å². The van der Waals surface area contributed by atoms with Crippen LogP contribution in [0, 0.1) is 0 Å². The molecule has 2 aromatic carbocycles. The van der Waals surface area contributed by atoms with Gasteiger partial charge in [-0.3, -0.25) is 4.40 Å². The number of methoxy groups -OCH3 is 1. The van der Waals surface area contributed by atoms with E-state index in [0.717, 1.165) is 55.0 Å². The van der Waals surface area contributed by atoms with Crippen LogP contribution in [0.1, 0.15) is 11.3 Å². The van der Waals surface area contributed by atoms with Crippen LogP contribution in [0.2, 0.25) is 0 Å². The third-order valence-corrected chi connectivity index (χ3v) is 5.40. The van der Waals surface area contributed by atoms with Gasteiger partial charge in [0.05, 0.1) is 26.0 Å². The molecule has 0 bridgehead atoms. The molecule has 7 nitrogen and oxygen atoms in total. The molecule has 1 aliphatic heterocycles. The lowest BCUT2D eigenvalue weighted by Gasteiger charge is -2.30. The summed E-state index contributed by atoms with van der Waals surface area (Å²) in [4.78, 5) is 11.8. The van der Waals surface area contributed by atoms with Gasteiger partial charge in [0.15, 0.2) is 0 Å². The van der Waals surface area contributed by atoms with Gasteiger partial charge in [0, 0.05) is 36.8 Å². The number of hydrogen-bond donors (Lipinski definition) is 1. The highest BCUT2D eigenvalue weighted by Gasteiger charge is 2.17. The number of benzene rings is 2. The summed E-state index contributed by atoms with van der Waals surface area (Å²) in [7, 11) is 1.64. The SMILES string of the molecule is COc1cccc2c1nc(N)n1cc(Cc3ccccc3N3CCOCC3)nc21. The highest BCUT2D eigenvalue weighted by molar-refractivity contribution is 5.96. The van der Waals surface area contributed by atoms with Crippen molar-refractivity contribution in [3.8, 4) is 5.75 Å². The Hall–Kier alpha value is -3.32. The van der Waals surface area contributed by atoms with E-state index in [9.17, 15) is 0 Å². The molecule has 2 N–H and O–H groups in total. The Balaban J connectivity index is 1.57. The molecule has 29 heavy (non-hydrogen) atoms. The van der Waals surface area contributed by atoms with Crippen LogP contribution in [0.4, 0.5) is 11.6 Å². The maximum atomic E-state index is 6.23. The van der Waals surface area contributed by atoms with Crippen LogP contribution in [-0.4, -0.2) is 47.8 Å². The topological polar surface area (TPSA) is 77.9 Å². The quantitative estimate of drug-likeness (QED) is 0.578. The summed E-state index contributed by atoms with van der Waals surface area (Å²) in [5, 5.41) is 0.922. The third-order valence-electron chi connectivity index (χ3n) is 5.40. The molecule has 7 heteroatoms. The normalized spacial score (nSPS) is 14.6. The molecule has 148 valence electrons. The smallest absolute Gasteiger partial charge is 0.206 e. The fourth-order valence-electron chi connectivity index (χ4n) is 4.00. The molecular formula is C22H23N5O2. The highest BCUT2D eigenvalue weighted by Crippen LogP contribution is 2.29. The number of morpholine rings is 1. The molecule has 0 saturated carbocycles. The monoisotopic (exact) mass is 389 g/mol. The first kappa shape index (κ1) is 17.8. The summed E-state index contributed by atoms with van der Waals surface area (Å²) in [6.45, 7) is 3.34. The maximum absolute atomic E-state index is 6.23. The van der Waals surface area contributed by atoms with Crippen molar-refractivity contribution in [1.29, 1.82) is 0 Å². The van der Waals surface area contributed by atoms with Crippen LogP contribution in [-0.2, 0) is 11.2 Å². The summed E-state index contributed by atoms with van der Waals surface area (Å²) in [5.41, 5.74) is 11.2. The van der Waals surface area contributed by atoms with Crippen LogP contribution in [0.15, 0.2) is 48.7 Å². The number of rotatable bonds is 4. The number of hydrogen-bond acceptors (Lipinski definition) is 6. The van der Waals surface area contributed by atoms with E-state index in [1.165, 1.54) is 11.3 Å². The van der Waals surface area contributed by atoms with Gasteiger partial charge in [0.25, 0.3) is 0 Å². The van der Waals surface area contributed by atoms with Gasteiger partial charge in [0.2, 0.25) is 5.95 Å². The van der Waals surface area contributed by atoms with Crippen molar-refractivity contribution in [2.45, 2.75) is 6.42 Å². The predicted molar refractivity (Wildman–Crippen MR) is 114 cm³/mol. The van der Waals surface area contributed by atoms with Crippen LogP contribution in [0.3, 0.4) is 0 Å². The first-order valence-corrected chi connectivity index (χ1v) is 9.75. The Labute approximate surface area is 168 Å². The van der Waals surface area contributed by atoms with Gasteiger partial charge in [-0.25, -0.2) is 9.97 Å². The Morgan fingerprint density at radius 1 is 1.07 bits per heavy atom. The number of nitrogen functional groups attached to an aromatic ring is 1. The second-order valence-corrected chi connectivity index (χ2v) is 7.16. The van der Waals surface area contributed by atoms with E-state index in [1.807, 2.05) is 28.8 Å². The lowest BCUT2D eigenvalue weighted by atomic mass is 10.1.